The summed E-state index contributed by atoms with van der Waals surface area (Å²) in [6, 6.07) is 28.4. The number of benzene rings is 4. The Labute approximate surface area is 274 Å². The van der Waals surface area contributed by atoms with Crippen LogP contribution in [0.2, 0.25) is 5.02 Å². The van der Waals surface area contributed by atoms with Crippen LogP contribution in [-0.2, 0) is 20.9 Å². The third-order valence-corrected chi connectivity index (χ3v) is 8.61. The number of amides is 3. The van der Waals surface area contributed by atoms with Crippen molar-refractivity contribution in [2.45, 2.75) is 12.6 Å². The van der Waals surface area contributed by atoms with E-state index in [-0.39, 0.29) is 12.1 Å². The maximum atomic E-state index is 14.3. The van der Waals surface area contributed by atoms with E-state index in [2.05, 4.69) is 5.32 Å². The second-order valence-electron chi connectivity index (χ2n) is 10.4. The highest BCUT2D eigenvalue weighted by atomic mass is 35.5. The number of thiazole rings is 1. The maximum Gasteiger partial charge on any atom is 0.299 e. The van der Waals surface area contributed by atoms with Gasteiger partial charge in [0.05, 0.1) is 30.6 Å². The minimum Gasteiger partial charge on any atom is -0.497 e. The van der Waals surface area contributed by atoms with Crippen LogP contribution in [0.3, 0.4) is 0 Å². The van der Waals surface area contributed by atoms with E-state index in [9.17, 15) is 19.2 Å². The van der Waals surface area contributed by atoms with Crippen LogP contribution in [0.1, 0.15) is 27.0 Å². The Morgan fingerprint density at radius 2 is 1.63 bits per heavy atom. The third-order valence-electron chi connectivity index (χ3n) is 7.52. The highest BCUT2D eigenvalue weighted by Crippen LogP contribution is 2.32. The fraction of sp³-hybridized carbons (Fsp3) is 0.114. The molecular formula is C35H27ClN4O5S. The zero-order valence-corrected chi connectivity index (χ0v) is 26.1. The molecule has 0 fully saturated rings. The van der Waals surface area contributed by atoms with Gasteiger partial charge in [0.25, 0.3) is 17.6 Å². The first kappa shape index (κ1) is 30.7. The van der Waals surface area contributed by atoms with Crippen LogP contribution in [0.15, 0.2) is 109 Å². The lowest BCUT2D eigenvalue weighted by molar-refractivity contribution is -0.139. The van der Waals surface area contributed by atoms with Crippen molar-refractivity contribution >= 4 is 57.8 Å². The van der Waals surface area contributed by atoms with Gasteiger partial charge in [0.1, 0.15) is 23.3 Å². The van der Waals surface area contributed by atoms with E-state index >= 15 is 0 Å². The number of methoxy groups -OCH3 is 1. The number of ketones is 1. The number of halogens is 1. The molecule has 11 heteroatoms. The van der Waals surface area contributed by atoms with Crippen molar-refractivity contribution < 1.29 is 23.9 Å². The van der Waals surface area contributed by atoms with Crippen LogP contribution < -0.4 is 15.0 Å². The summed E-state index contributed by atoms with van der Waals surface area (Å²) in [7, 11) is 1.55. The van der Waals surface area contributed by atoms with Crippen molar-refractivity contribution in [1.29, 1.82) is 0 Å². The molecule has 6 rings (SSSR count). The molecule has 4 aromatic carbocycles. The van der Waals surface area contributed by atoms with E-state index in [1.54, 1.807) is 79.9 Å². The van der Waals surface area contributed by atoms with Gasteiger partial charge in [0.15, 0.2) is 0 Å². The Hall–Kier alpha value is -5.32. The number of para-hydroxylation sites is 1. The van der Waals surface area contributed by atoms with E-state index in [0.717, 1.165) is 16.2 Å². The van der Waals surface area contributed by atoms with Crippen LogP contribution in [0.5, 0.6) is 5.75 Å². The molecule has 1 aliphatic rings. The zero-order valence-electron chi connectivity index (χ0n) is 24.6. The molecule has 0 unspecified atom stereocenters. The standard InChI is InChI=1S/C35H27ClN4O5S/c1-45-26-17-15-25(16-18-26)37-34(43)32(23-11-13-24(36)14-12-23)40(19-30-38-28(21-46-30)22-7-3-2-4-8-22)31(41)20-39-29-10-6-5-9-27(29)33(42)35(39)44/h2-18,21,32H,19-20H2,1H3,(H,37,43)/t32-/m1/s1. The Balaban J connectivity index is 1.39. The number of rotatable bonds is 10. The summed E-state index contributed by atoms with van der Waals surface area (Å²) in [6.07, 6.45) is 0. The summed E-state index contributed by atoms with van der Waals surface area (Å²) in [5.41, 5.74) is 3.20. The molecule has 5 aromatic rings. The molecule has 0 bridgehead atoms. The molecule has 1 aliphatic heterocycles. The molecule has 0 saturated heterocycles. The Morgan fingerprint density at radius 1 is 0.935 bits per heavy atom. The molecule has 0 spiro atoms. The number of anilines is 2. The lowest BCUT2D eigenvalue weighted by Crippen LogP contribution is -2.46. The Morgan fingerprint density at radius 3 is 2.35 bits per heavy atom. The quantitative estimate of drug-likeness (QED) is 0.175. The van der Waals surface area contributed by atoms with Crippen molar-refractivity contribution in [3.8, 4) is 17.0 Å². The SMILES string of the molecule is COc1ccc(NC(=O)[C@@H](c2ccc(Cl)cc2)N(Cc2nc(-c3ccccc3)cs2)C(=O)CN2C(=O)C(=O)c3ccccc32)cc1. The monoisotopic (exact) mass is 650 g/mol. The van der Waals surface area contributed by atoms with Crippen molar-refractivity contribution in [2.75, 3.05) is 23.9 Å². The molecule has 230 valence electrons. The number of Topliss-reactive ketones (excluding diaryl/α,β-unsaturated/α-hetero) is 1. The van der Waals surface area contributed by atoms with Crippen molar-refractivity contribution in [3.05, 3.63) is 130 Å². The molecule has 3 amide bonds. The smallest absolute Gasteiger partial charge is 0.299 e. The van der Waals surface area contributed by atoms with E-state index in [1.807, 2.05) is 35.7 Å². The minimum absolute atomic E-state index is 0.0444. The Bertz CT molecular complexity index is 1910. The largest absolute Gasteiger partial charge is 0.497 e. The van der Waals surface area contributed by atoms with Gasteiger partial charge in [-0.1, -0.05) is 66.2 Å². The zero-order chi connectivity index (χ0) is 32.2. The summed E-state index contributed by atoms with van der Waals surface area (Å²) in [5, 5.41) is 5.84. The topological polar surface area (TPSA) is 109 Å². The molecular weight excluding hydrogens is 624 g/mol. The molecule has 0 saturated carbocycles. The van der Waals surface area contributed by atoms with Crippen LogP contribution in [0.4, 0.5) is 11.4 Å². The summed E-state index contributed by atoms with van der Waals surface area (Å²) < 4.78 is 5.24. The van der Waals surface area contributed by atoms with E-state index < -0.39 is 36.1 Å². The highest BCUT2D eigenvalue weighted by Gasteiger charge is 2.39. The number of carbonyl (C=O) groups excluding carboxylic acids is 4. The number of hydrogen-bond acceptors (Lipinski definition) is 7. The normalized spacial score (nSPS) is 12.9. The van der Waals surface area contributed by atoms with Gasteiger partial charge in [-0.25, -0.2) is 4.98 Å². The average Bonchev–Trinajstić information content (AvgIpc) is 3.65. The summed E-state index contributed by atoms with van der Waals surface area (Å²) in [6.45, 7) is -0.504. The number of hydrogen-bond donors (Lipinski definition) is 1. The molecule has 9 nitrogen and oxygen atoms in total. The fourth-order valence-electron chi connectivity index (χ4n) is 5.23. The predicted octanol–water partition coefficient (Wildman–Crippen LogP) is 6.41. The van der Waals surface area contributed by atoms with E-state index in [0.29, 0.717) is 32.7 Å². The van der Waals surface area contributed by atoms with Crippen molar-refractivity contribution in [3.63, 3.8) is 0 Å². The van der Waals surface area contributed by atoms with Crippen LogP contribution in [0.25, 0.3) is 11.3 Å². The van der Waals surface area contributed by atoms with Gasteiger partial charge in [-0.15, -0.1) is 11.3 Å². The predicted molar refractivity (Wildman–Crippen MR) is 177 cm³/mol. The summed E-state index contributed by atoms with van der Waals surface area (Å²) >= 11 is 7.55. The van der Waals surface area contributed by atoms with Gasteiger partial charge in [-0.2, -0.15) is 0 Å². The molecule has 0 aliphatic carbocycles. The molecule has 46 heavy (non-hydrogen) atoms. The first-order chi connectivity index (χ1) is 22.3. The Kier molecular flexibility index (Phi) is 8.91. The van der Waals surface area contributed by atoms with Gasteiger partial charge < -0.3 is 15.0 Å². The molecule has 0 radical (unpaired) electrons. The number of aromatic nitrogens is 1. The molecule has 1 aromatic heterocycles. The fourth-order valence-corrected chi connectivity index (χ4v) is 6.16. The van der Waals surface area contributed by atoms with E-state index in [4.69, 9.17) is 21.3 Å². The van der Waals surface area contributed by atoms with Gasteiger partial charge in [0, 0.05) is 21.7 Å². The van der Waals surface area contributed by atoms with Gasteiger partial charge in [-0.3, -0.25) is 24.1 Å². The second kappa shape index (κ2) is 13.4. The maximum absolute atomic E-state index is 14.3. The third kappa shape index (κ3) is 6.39. The second-order valence-corrected chi connectivity index (χ2v) is 11.8. The number of nitrogens with one attached hydrogen (secondary N) is 1. The highest BCUT2D eigenvalue weighted by molar-refractivity contribution is 7.09. The average molecular weight is 651 g/mol. The van der Waals surface area contributed by atoms with Crippen LogP contribution >= 0.6 is 22.9 Å². The first-order valence-corrected chi connectivity index (χ1v) is 15.5. The number of ether oxygens (including phenoxy) is 1. The van der Waals surface area contributed by atoms with Crippen molar-refractivity contribution in [1.82, 2.24) is 9.88 Å². The molecule has 2 heterocycles. The minimum atomic E-state index is -1.15. The van der Waals surface area contributed by atoms with Crippen LogP contribution in [0, 0.1) is 0 Å². The van der Waals surface area contributed by atoms with Gasteiger partial charge >= 0.3 is 0 Å². The van der Waals surface area contributed by atoms with Gasteiger partial charge in [-0.05, 0) is 54.1 Å². The lowest BCUT2D eigenvalue weighted by Gasteiger charge is -2.32. The number of nitrogens with zero attached hydrogens (tertiary/aromatic N) is 3. The molecule has 1 N–H and O–H groups in total. The number of fused-ring (bicyclic) bond motifs is 1. The molecule has 1 atom stereocenters. The van der Waals surface area contributed by atoms with Gasteiger partial charge in [0.2, 0.25) is 5.91 Å². The first-order valence-electron chi connectivity index (χ1n) is 14.3. The van der Waals surface area contributed by atoms with E-state index in [1.165, 1.54) is 16.2 Å². The number of carbonyl (C=O) groups is 4. The summed E-state index contributed by atoms with van der Waals surface area (Å²) in [5.74, 6) is -1.93. The lowest BCUT2D eigenvalue weighted by atomic mass is 10.0. The summed E-state index contributed by atoms with van der Waals surface area (Å²) in [4.78, 5) is 61.6. The van der Waals surface area contributed by atoms with Crippen LogP contribution in [-0.4, -0.2) is 47.0 Å². The van der Waals surface area contributed by atoms with Crippen molar-refractivity contribution in [2.24, 2.45) is 0 Å².